The van der Waals surface area contributed by atoms with Crippen LogP contribution < -0.4 is 5.73 Å². The molecular weight excluding hydrogens is 252 g/mol. The average Bonchev–Trinajstić information content (AvgIpc) is 2.67. The van der Waals surface area contributed by atoms with E-state index in [-0.39, 0.29) is 12.5 Å². The predicted octanol–water partition coefficient (Wildman–Crippen LogP) is 0.900. The van der Waals surface area contributed by atoms with Crippen LogP contribution in [0.5, 0.6) is 0 Å². The van der Waals surface area contributed by atoms with E-state index in [0.717, 1.165) is 6.54 Å². The quantitative estimate of drug-likeness (QED) is 0.809. The van der Waals surface area contributed by atoms with E-state index in [1.807, 2.05) is 27.9 Å². The number of rotatable bonds is 6. The zero-order valence-corrected chi connectivity index (χ0v) is 12.3. The molecule has 1 atom stereocenters. The second-order valence-corrected chi connectivity index (χ2v) is 5.56. The van der Waals surface area contributed by atoms with Crippen LogP contribution >= 0.6 is 11.6 Å². The standard InChI is InChI=1S/C12H23ClN4O/c1-9(2)12(18,8-14)11-10(13)7-15-17(11)6-5-16(3)4/h7,9,18H,5-6,8,14H2,1-4H3. The van der Waals surface area contributed by atoms with E-state index >= 15 is 0 Å². The maximum atomic E-state index is 10.7. The molecular formula is C12H23ClN4O. The molecule has 18 heavy (non-hydrogen) atoms. The number of likely N-dealkylation sites (N-methyl/N-ethyl adjacent to an activating group) is 1. The molecule has 1 aromatic heterocycles. The molecule has 0 fully saturated rings. The molecule has 1 aromatic rings. The van der Waals surface area contributed by atoms with Crippen molar-refractivity contribution < 1.29 is 5.11 Å². The van der Waals surface area contributed by atoms with E-state index < -0.39 is 5.60 Å². The number of hydrogen-bond donors (Lipinski definition) is 2. The molecule has 0 spiro atoms. The van der Waals surface area contributed by atoms with Crippen LogP contribution in [0.15, 0.2) is 6.20 Å². The van der Waals surface area contributed by atoms with Gasteiger partial charge in [-0.25, -0.2) is 0 Å². The fourth-order valence-corrected chi connectivity index (χ4v) is 2.17. The van der Waals surface area contributed by atoms with Gasteiger partial charge in [0, 0.05) is 13.1 Å². The van der Waals surface area contributed by atoms with Crippen LogP contribution in [0.1, 0.15) is 19.5 Å². The Morgan fingerprint density at radius 2 is 2.17 bits per heavy atom. The summed E-state index contributed by atoms with van der Waals surface area (Å²) in [6.45, 7) is 5.46. The van der Waals surface area contributed by atoms with E-state index in [1.54, 1.807) is 10.9 Å². The Bertz CT molecular complexity index is 391. The minimum absolute atomic E-state index is 0.0326. The molecule has 0 saturated carbocycles. The van der Waals surface area contributed by atoms with E-state index in [0.29, 0.717) is 17.3 Å². The molecule has 0 aliphatic carbocycles. The van der Waals surface area contributed by atoms with Gasteiger partial charge < -0.3 is 15.7 Å². The van der Waals surface area contributed by atoms with Crippen LogP contribution in [-0.4, -0.2) is 47.0 Å². The van der Waals surface area contributed by atoms with Crippen LogP contribution in [0.2, 0.25) is 5.02 Å². The summed E-state index contributed by atoms with van der Waals surface area (Å²) in [7, 11) is 3.98. The smallest absolute Gasteiger partial charge is 0.122 e. The van der Waals surface area contributed by atoms with Gasteiger partial charge in [-0.15, -0.1) is 0 Å². The van der Waals surface area contributed by atoms with E-state index in [9.17, 15) is 5.11 Å². The molecule has 5 nitrogen and oxygen atoms in total. The third-order valence-electron chi connectivity index (χ3n) is 3.23. The minimum atomic E-state index is -1.14. The molecule has 0 radical (unpaired) electrons. The first kappa shape index (κ1) is 15.4. The van der Waals surface area contributed by atoms with Crippen LogP contribution in [0.4, 0.5) is 0 Å². The van der Waals surface area contributed by atoms with Crippen molar-refractivity contribution in [2.45, 2.75) is 26.0 Å². The first-order valence-corrected chi connectivity index (χ1v) is 6.49. The lowest BCUT2D eigenvalue weighted by molar-refractivity contribution is -0.00960. The Labute approximate surface area is 114 Å². The van der Waals surface area contributed by atoms with Crippen molar-refractivity contribution in [2.24, 2.45) is 11.7 Å². The number of aromatic nitrogens is 2. The SMILES string of the molecule is CC(C)C(O)(CN)c1c(Cl)cnn1CCN(C)C. The monoisotopic (exact) mass is 274 g/mol. The van der Waals surface area contributed by atoms with Crippen molar-refractivity contribution in [3.05, 3.63) is 16.9 Å². The van der Waals surface area contributed by atoms with E-state index in [4.69, 9.17) is 17.3 Å². The number of aliphatic hydroxyl groups is 1. The Morgan fingerprint density at radius 1 is 1.56 bits per heavy atom. The maximum Gasteiger partial charge on any atom is 0.122 e. The topological polar surface area (TPSA) is 67.3 Å². The second-order valence-electron chi connectivity index (χ2n) is 5.15. The maximum absolute atomic E-state index is 10.7. The van der Waals surface area contributed by atoms with E-state index in [2.05, 4.69) is 10.00 Å². The molecule has 0 aliphatic rings. The number of halogens is 1. The fourth-order valence-electron chi connectivity index (χ4n) is 1.86. The molecule has 0 saturated heterocycles. The summed E-state index contributed by atoms with van der Waals surface area (Å²) in [5, 5.41) is 15.4. The summed E-state index contributed by atoms with van der Waals surface area (Å²) < 4.78 is 1.75. The molecule has 1 unspecified atom stereocenters. The van der Waals surface area contributed by atoms with Gasteiger partial charge >= 0.3 is 0 Å². The van der Waals surface area contributed by atoms with Gasteiger partial charge in [0.05, 0.1) is 23.5 Å². The van der Waals surface area contributed by atoms with Crippen molar-refractivity contribution in [1.29, 1.82) is 0 Å². The lowest BCUT2D eigenvalue weighted by Gasteiger charge is -2.32. The minimum Gasteiger partial charge on any atom is -0.382 e. The fraction of sp³-hybridized carbons (Fsp3) is 0.750. The highest BCUT2D eigenvalue weighted by molar-refractivity contribution is 6.31. The van der Waals surface area contributed by atoms with Gasteiger partial charge in [-0.1, -0.05) is 25.4 Å². The zero-order valence-electron chi connectivity index (χ0n) is 11.5. The Hall–Kier alpha value is -0.620. The van der Waals surface area contributed by atoms with Crippen LogP contribution in [0, 0.1) is 5.92 Å². The van der Waals surface area contributed by atoms with Gasteiger partial charge in [0.15, 0.2) is 0 Å². The van der Waals surface area contributed by atoms with Gasteiger partial charge in [0.2, 0.25) is 0 Å². The second kappa shape index (κ2) is 6.02. The molecule has 3 N–H and O–H groups in total. The average molecular weight is 275 g/mol. The summed E-state index contributed by atoms with van der Waals surface area (Å²) in [5.74, 6) is -0.0326. The third kappa shape index (κ3) is 3.03. The molecule has 0 aromatic carbocycles. The Morgan fingerprint density at radius 3 is 2.61 bits per heavy atom. The molecule has 0 bridgehead atoms. The van der Waals surface area contributed by atoms with Crippen molar-refractivity contribution in [3.8, 4) is 0 Å². The summed E-state index contributed by atoms with van der Waals surface area (Å²) in [6.07, 6.45) is 1.57. The van der Waals surface area contributed by atoms with Gasteiger partial charge in [0.1, 0.15) is 5.60 Å². The van der Waals surface area contributed by atoms with Crippen LogP contribution in [0.25, 0.3) is 0 Å². The summed E-state index contributed by atoms with van der Waals surface area (Å²) >= 11 is 6.16. The van der Waals surface area contributed by atoms with Gasteiger partial charge in [0.25, 0.3) is 0 Å². The normalized spacial score (nSPS) is 15.4. The van der Waals surface area contributed by atoms with E-state index in [1.165, 1.54) is 0 Å². The highest BCUT2D eigenvalue weighted by Crippen LogP contribution is 2.33. The highest BCUT2D eigenvalue weighted by Gasteiger charge is 2.37. The molecule has 0 amide bonds. The van der Waals surface area contributed by atoms with Crippen molar-refractivity contribution >= 4 is 11.6 Å². The number of hydrogen-bond acceptors (Lipinski definition) is 4. The zero-order chi connectivity index (χ0) is 13.9. The first-order valence-electron chi connectivity index (χ1n) is 6.12. The van der Waals surface area contributed by atoms with Crippen molar-refractivity contribution in [2.75, 3.05) is 27.2 Å². The molecule has 0 aliphatic heterocycles. The summed E-state index contributed by atoms with van der Waals surface area (Å²) in [6, 6.07) is 0. The lowest BCUT2D eigenvalue weighted by atomic mass is 9.87. The van der Waals surface area contributed by atoms with Gasteiger partial charge in [-0.05, 0) is 20.0 Å². The Kier molecular flexibility index (Phi) is 5.16. The largest absolute Gasteiger partial charge is 0.382 e. The number of nitrogens with two attached hydrogens (primary N) is 1. The molecule has 1 heterocycles. The van der Waals surface area contributed by atoms with Crippen molar-refractivity contribution in [1.82, 2.24) is 14.7 Å². The van der Waals surface area contributed by atoms with Gasteiger partial charge in [-0.2, -0.15) is 5.10 Å². The molecule has 104 valence electrons. The highest BCUT2D eigenvalue weighted by atomic mass is 35.5. The predicted molar refractivity (Wildman–Crippen MR) is 73.6 cm³/mol. The lowest BCUT2D eigenvalue weighted by Crippen LogP contribution is -2.42. The van der Waals surface area contributed by atoms with Crippen molar-refractivity contribution in [3.63, 3.8) is 0 Å². The third-order valence-corrected chi connectivity index (χ3v) is 3.51. The summed E-state index contributed by atoms with van der Waals surface area (Å²) in [5.41, 5.74) is 5.21. The number of nitrogens with zero attached hydrogens (tertiary/aromatic N) is 3. The summed E-state index contributed by atoms with van der Waals surface area (Å²) in [4.78, 5) is 2.05. The Balaban J connectivity index is 3.10. The first-order chi connectivity index (χ1) is 8.32. The molecule has 6 heteroatoms. The van der Waals surface area contributed by atoms with Gasteiger partial charge in [-0.3, -0.25) is 4.68 Å². The van der Waals surface area contributed by atoms with Crippen LogP contribution in [-0.2, 0) is 12.1 Å². The van der Waals surface area contributed by atoms with Crippen LogP contribution in [0.3, 0.4) is 0 Å². The molecule has 1 rings (SSSR count).